The van der Waals surface area contributed by atoms with Crippen molar-refractivity contribution in [3.8, 4) is 5.75 Å². The monoisotopic (exact) mass is 463 g/mol. The Kier molecular flexibility index (Phi) is 7.99. The number of hydrogen-bond acceptors (Lipinski definition) is 4. The number of benzene rings is 2. The van der Waals surface area contributed by atoms with Gasteiger partial charge in [-0.1, -0.05) is 18.2 Å². The van der Waals surface area contributed by atoms with E-state index in [1.807, 2.05) is 64.1 Å². The highest BCUT2D eigenvalue weighted by molar-refractivity contribution is 5.91. The summed E-state index contributed by atoms with van der Waals surface area (Å²) in [6.07, 6.45) is 0. The zero-order valence-corrected chi connectivity index (χ0v) is 20.7. The molecule has 1 aromatic heterocycles. The summed E-state index contributed by atoms with van der Waals surface area (Å²) in [6, 6.07) is 13.4. The van der Waals surface area contributed by atoms with Crippen molar-refractivity contribution < 1.29 is 19.1 Å². The van der Waals surface area contributed by atoms with Crippen molar-refractivity contribution in [1.29, 1.82) is 0 Å². The van der Waals surface area contributed by atoms with Gasteiger partial charge < -0.3 is 24.7 Å². The lowest BCUT2D eigenvalue weighted by Crippen LogP contribution is -2.34. The molecule has 3 rings (SSSR count). The Morgan fingerprint density at radius 3 is 2.21 bits per heavy atom. The van der Waals surface area contributed by atoms with Crippen LogP contribution < -0.4 is 10.1 Å². The van der Waals surface area contributed by atoms with Crippen LogP contribution in [-0.4, -0.2) is 35.6 Å². The van der Waals surface area contributed by atoms with Gasteiger partial charge in [0, 0.05) is 24.5 Å². The third-order valence-corrected chi connectivity index (χ3v) is 5.71. The number of rotatable bonds is 8. The van der Waals surface area contributed by atoms with Crippen LogP contribution in [0.5, 0.6) is 5.75 Å². The number of carbonyl (C=O) groups is 2. The molecule has 0 aliphatic rings. The number of amides is 2. The summed E-state index contributed by atoms with van der Waals surface area (Å²) >= 11 is 0. The molecule has 7 heteroatoms. The van der Waals surface area contributed by atoms with Crippen molar-refractivity contribution in [3.63, 3.8) is 0 Å². The molecule has 180 valence electrons. The van der Waals surface area contributed by atoms with Crippen LogP contribution in [0.25, 0.3) is 0 Å². The first-order chi connectivity index (χ1) is 16.2. The first-order valence-corrected chi connectivity index (χ1v) is 11.3. The predicted molar refractivity (Wildman–Crippen MR) is 133 cm³/mol. The van der Waals surface area contributed by atoms with E-state index in [4.69, 9.17) is 9.47 Å². The van der Waals surface area contributed by atoms with E-state index in [-0.39, 0.29) is 6.03 Å². The molecular weight excluding hydrogens is 430 g/mol. The van der Waals surface area contributed by atoms with Gasteiger partial charge in [0.15, 0.2) is 0 Å². The molecule has 0 unspecified atom stereocenters. The first-order valence-electron chi connectivity index (χ1n) is 11.3. The summed E-state index contributed by atoms with van der Waals surface area (Å²) in [5, 5.41) is 3.04. The minimum Gasteiger partial charge on any atom is -0.497 e. The average molecular weight is 464 g/mol. The summed E-state index contributed by atoms with van der Waals surface area (Å²) in [4.78, 5) is 30.6. The summed E-state index contributed by atoms with van der Waals surface area (Å²) in [7, 11) is 1.62. The van der Waals surface area contributed by atoms with E-state index in [9.17, 15) is 9.59 Å². The van der Waals surface area contributed by atoms with Crippen molar-refractivity contribution in [2.45, 2.75) is 47.7 Å². The Morgan fingerprint density at radius 2 is 1.62 bits per heavy atom. The van der Waals surface area contributed by atoms with Gasteiger partial charge in [-0.3, -0.25) is 0 Å². The number of carbonyl (C=O) groups excluding carboxylic acids is 2. The summed E-state index contributed by atoms with van der Waals surface area (Å²) < 4.78 is 10.4. The maximum atomic E-state index is 13.4. The molecule has 2 amide bonds. The number of esters is 1. The fraction of sp³-hybridized carbons (Fsp3) is 0.333. The lowest BCUT2D eigenvalue weighted by molar-refractivity contribution is 0.0519. The number of anilines is 1. The molecule has 0 aliphatic heterocycles. The van der Waals surface area contributed by atoms with Gasteiger partial charge in [0.2, 0.25) is 0 Å². The number of ether oxygens (including phenoxy) is 2. The van der Waals surface area contributed by atoms with Crippen LogP contribution in [0.15, 0.2) is 42.5 Å². The number of methoxy groups -OCH3 is 1. The van der Waals surface area contributed by atoms with Crippen molar-refractivity contribution in [1.82, 2.24) is 9.88 Å². The van der Waals surface area contributed by atoms with Crippen LogP contribution in [-0.2, 0) is 17.8 Å². The summed E-state index contributed by atoms with van der Waals surface area (Å²) in [6.45, 7) is 10.6. The molecule has 34 heavy (non-hydrogen) atoms. The summed E-state index contributed by atoms with van der Waals surface area (Å²) in [5.74, 6) is 0.363. The molecule has 2 aromatic carbocycles. The Bertz CT molecular complexity index is 1150. The molecular formula is C27H33N3O4. The smallest absolute Gasteiger partial charge is 0.355 e. The standard InChI is InChI=1S/C27H33N3O4/c1-7-34-26(31)25-19(4)24(20(5)28-25)16-30(15-21-8-10-23(33-6)11-9-21)27(32)29-22-13-17(2)12-18(3)14-22/h8-14,28H,7,15-16H2,1-6H3,(H,29,32). The SMILES string of the molecule is CCOC(=O)c1[nH]c(C)c(CN(Cc2ccc(OC)cc2)C(=O)Nc2cc(C)cc(C)c2)c1C. The first kappa shape index (κ1) is 24.9. The van der Waals surface area contributed by atoms with Crippen molar-refractivity contribution in [2.24, 2.45) is 0 Å². The van der Waals surface area contributed by atoms with E-state index in [0.29, 0.717) is 25.4 Å². The lowest BCUT2D eigenvalue weighted by atomic mass is 10.1. The van der Waals surface area contributed by atoms with E-state index in [1.165, 1.54) is 0 Å². The van der Waals surface area contributed by atoms with Crippen LogP contribution in [0.2, 0.25) is 0 Å². The number of H-pyrrole nitrogens is 1. The number of nitrogens with zero attached hydrogens (tertiary/aromatic N) is 1. The second-order valence-electron chi connectivity index (χ2n) is 8.46. The van der Waals surface area contributed by atoms with Crippen LogP contribution in [0.1, 0.15) is 50.9 Å². The summed E-state index contributed by atoms with van der Waals surface area (Å²) in [5.41, 5.74) is 6.81. The van der Waals surface area contributed by atoms with Gasteiger partial charge in [-0.15, -0.1) is 0 Å². The fourth-order valence-electron chi connectivity index (χ4n) is 4.02. The molecule has 0 saturated heterocycles. The van der Waals surface area contributed by atoms with Crippen LogP contribution >= 0.6 is 0 Å². The zero-order chi connectivity index (χ0) is 24.8. The third-order valence-electron chi connectivity index (χ3n) is 5.71. The van der Waals surface area contributed by atoms with Crippen molar-refractivity contribution in [2.75, 3.05) is 19.0 Å². The second-order valence-corrected chi connectivity index (χ2v) is 8.46. The largest absolute Gasteiger partial charge is 0.497 e. The van der Waals surface area contributed by atoms with Gasteiger partial charge >= 0.3 is 12.0 Å². The molecule has 3 aromatic rings. The van der Waals surface area contributed by atoms with Crippen molar-refractivity contribution >= 4 is 17.7 Å². The Balaban J connectivity index is 1.91. The molecule has 0 fully saturated rings. The minimum absolute atomic E-state index is 0.224. The van der Waals surface area contributed by atoms with Crippen molar-refractivity contribution in [3.05, 3.63) is 81.7 Å². The van der Waals surface area contributed by atoms with E-state index in [1.54, 1.807) is 18.9 Å². The topological polar surface area (TPSA) is 83.7 Å². The highest BCUT2D eigenvalue weighted by atomic mass is 16.5. The fourth-order valence-corrected chi connectivity index (χ4v) is 4.02. The molecule has 0 spiro atoms. The Hall–Kier alpha value is -3.74. The van der Waals surface area contributed by atoms with Gasteiger partial charge in [0.05, 0.1) is 13.7 Å². The van der Waals surface area contributed by atoms with Gasteiger partial charge in [0.25, 0.3) is 0 Å². The van der Waals surface area contributed by atoms with Crippen LogP contribution in [0, 0.1) is 27.7 Å². The van der Waals surface area contributed by atoms with E-state index in [0.717, 1.165) is 44.9 Å². The number of hydrogen-bond donors (Lipinski definition) is 2. The predicted octanol–water partition coefficient (Wildman–Crippen LogP) is 5.67. The number of urea groups is 1. The highest BCUT2D eigenvalue weighted by Crippen LogP contribution is 2.23. The van der Waals surface area contributed by atoms with Gasteiger partial charge in [-0.05, 0) is 86.7 Å². The lowest BCUT2D eigenvalue weighted by Gasteiger charge is -2.24. The molecule has 2 N–H and O–H groups in total. The van der Waals surface area contributed by atoms with Gasteiger partial charge in [0.1, 0.15) is 11.4 Å². The maximum absolute atomic E-state index is 13.4. The van der Waals surface area contributed by atoms with Crippen LogP contribution in [0.3, 0.4) is 0 Å². The van der Waals surface area contributed by atoms with E-state index in [2.05, 4.69) is 16.4 Å². The number of aryl methyl sites for hydroxylation is 3. The molecule has 1 heterocycles. The molecule has 0 radical (unpaired) electrons. The average Bonchev–Trinajstić information content (AvgIpc) is 3.07. The molecule has 0 atom stereocenters. The number of aromatic amines is 1. The molecule has 7 nitrogen and oxygen atoms in total. The number of aromatic nitrogens is 1. The number of nitrogens with one attached hydrogen (secondary N) is 2. The van der Waals surface area contributed by atoms with Gasteiger partial charge in [-0.25, -0.2) is 9.59 Å². The second kappa shape index (κ2) is 10.9. The normalized spacial score (nSPS) is 10.6. The quantitative estimate of drug-likeness (QED) is 0.422. The van der Waals surface area contributed by atoms with E-state index < -0.39 is 5.97 Å². The Morgan fingerprint density at radius 1 is 0.971 bits per heavy atom. The Labute approximate surface area is 201 Å². The molecule has 0 aliphatic carbocycles. The zero-order valence-electron chi connectivity index (χ0n) is 20.7. The van der Waals surface area contributed by atoms with Gasteiger partial charge in [-0.2, -0.15) is 0 Å². The highest BCUT2D eigenvalue weighted by Gasteiger charge is 2.23. The minimum atomic E-state index is -0.393. The maximum Gasteiger partial charge on any atom is 0.355 e. The van der Waals surface area contributed by atoms with E-state index >= 15 is 0 Å². The van der Waals surface area contributed by atoms with Crippen LogP contribution in [0.4, 0.5) is 10.5 Å². The third kappa shape index (κ3) is 5.98. The molecule has 0 bridgehead atoms. The molecule has 0 saturated carbocycles.